The minimum absolute atomic E-state index is 0.0179. The Hall–Kier alpha value is -4.33. The van der Waals surface area contributed by atoms with E-state index in [0.29, 0.717) is 33.9 Å². The lowest BCUT2D eigenvalue weighted by atomic mass is 9.93. The summed E-state index contributed by atoms with van der Waals surface area (Å²) in [6.07, 6.45) is 3.27. The van der Waals surface area contributed by atoms with E-state index in [1.165, 1.54) is 19.1 Å². The maximum Gasteiger partial charge on any atom is 0.295 e. The summed E-state index contributed by atoms with van der Waals surface area (Å²) in [7, 11) is 4.59. The van der Waals surface area contributed by atoms with E-state index in [9.17, 15) is 14.7 Å². The molecule has 180 valence electrons. The Morgan fingerprint density at radius 2 is 1.71 bits per heavy atom. The van der Waals surface area contributed by atoms with Crippen molar-refractivity contribution in [2.45, 2.75) is 19.5 Å². The smallest absolute Gasteiger partial charge is 0.295 e. The van der Waals surface area contributed by atoms with Crippen LogP contribution in [0, 0.1) is 6.92 Å². The van der Waals surface area contributed by atoms with Gasteiger partial charge in [-0.15, -0.1) is 0 Å². The van der Waals surface area contributed by atoms with E-state index in [1.807, 2.05) is 6.07 Å². The molecule has 8 heteroatoms. The van der Waals surface area contributed by atoms with Crippen LogP contribution in [0.15, 0.2) is 66.5 Å². The Labute approximate surface area is 203 Å². The summed E-state index contributed by atoms with van der Waals surface area (Å²) in [4.78, 5) is 32.2. The minimum atomic E-state index is -0.891. The van der Waals surface area contributed by atoms with Crippen LogP contribution in [-0.4, -0.2) is 48.0 Å². The van der Waals surface area contributed by atoms with Gasteiger partial charge in [0, 0.05) is 36.1 Å². The summed E-state index contributed by atoms with van der Waals surface area (Å²) >= 11 is 0. The van der Waals surface area contributed by atoms with Crippen LogP contribution in [0.3, 0.4) is 0 Å². The van der Waals surface area contributed by atoms with Crippen molar-refractivity contribution in [2.24, 2.45) is 0 Å². The number of rotatable bonds is 7. The normalized spacial score (nSPS) is 16.9. The molecule has 2 heterocycles. The van der Waals surface area contributed by atoms with E-state index >= 15 is 0 Å². The molecule has 1 atom stereocenters. The van der Waals surface area contributed by atoms with Crippen LogP contribution in [0.2, 0.25) is 0 Å². The molecular weight excluding hydrogens is 448 g/mol. The number of Topliss-reactive ketones (excluding diaryl/α,β-unsaturated/α-hetero) is 1. The van der Waals surface area contributed by atoms with Gasteiger partial charge in [-0.2, -0.15) is 0 Å². The third-order valence-corrected chi connectivity index (χ3v) is 6.04. The number of aliphatic hydroxyl groups excluding tert-OH is 1. The molecule has 0 saturated carbocycles. The molecule has 0 spiro atoms. The van der Waals surface area contributed by atoms with E-state index in [-0.39, 0.29) is 17.9 Å². The number of hydrogen-bond donors (Lipinski definition) is 1. The number of likely N-dealkylation sites (tertiary alicyclic amines) is 1. The van der Waals surface area contributed by atoms with Gasteiger partial charge in [0.15, 0.2) is 0 Å². The molecule has 8 nitrogen and oxygen atoms in total. The second-order valence-electron chi connectivity index (χ2n) is 8.08. The van der Waals surface area contributed by atoms with Crippen LogP contribution >= 0.6 is 0 Å². The van der Waals surface area contributed by atoms with Crippen molar-refractivity contribution in [3.8, 4) is 17.2 Å². The van der Waals surface area contributed by atoms with Gasteiger partial charge in [-0.25, -0.2) is 0 Å². The van der Waals surface area contributed by atoms with E-state index in [4.69, 9.17) is 14.2 Å². The molecule has 4 rings (SSSR count). The molecule has 2 aromatic carbocycles. The number of nitrogens with zero attached hydrogens (tertiary/aromatic N) is 2. The highest BCUT2D eigenvalue weighted by Gasteiger charge is 2.47. The zero-order valence-electron chi connectivity index (χ0n) is 19.9. The predicted molar refractivity (Wildman–Crippen MR) is 129 cm³/mol. The van der Waals surface area contributed by atoms with Crippen molar-refractivity contribution in [3.63, 3.8) is 0 Å². The minimum Gasteiger partial charge on any atom is -0.507 e. The average molecular weight is 475 g/mol. The second kappa shape index (κ2) is 9.89. The Morgan fingerprint density at radius 3 is 2.34 bits per heavy atom. The van der Waals surface area contributed by atoms with E-state index in [1.54, 1.807) is 68.9 Å². The first-order valence-electron chi connectivity index (χ1n) is 10.9. The van der Waals surface area contributed by atoms with Crippen LogP contribution in [0.25, 0.3) is 5.76 Å². The third-order valence-electron chi connectivity index (χ3n) is 6.04. The fourth-order valence-corrected chi connectivity index (χ4v) is 4.27. The molecular formula is C27H26N2O6. The maximum absolute atomic E-state index is 13.3. The average Bonchev–Trinajstić information content (AvgIpc) is 3.13. The van der Waals surface area contributed by atoms with E-state index in [2.05, 4.69) is 4.98 Å². The van der Waals surface area contributed by atoms with Crippen LogP contribution < -0.4 is 14.2 Å². The standard InChI is InChI=1S/C27H26N2O6/c1-16-12-18(33-2)7-9-20(16)25(30)23-24(21-10-8-19(34-3)13-22(21)35-4)29(27(32)26(23)31)15-17-6-5-11-28-14-17/h5-14,24,30H,15H2,1-4H3. The molecule has 1 aliphatic heterocycles. The summed E-state index contributed by atoms with van der Waals surface area (Å²) in [5, 5.41) is 11.4. The maximum atomic E-state index is 13.3. The molecule has 1 aromatic heterocycles. The van der Waals surface area contributed by atoms with Crippen molar-refractivity contribution < 1.29 is 28.9 Å². The topological polar surface area (TPSA) is 98.2 Å². The monoisotopic (exact) mass is 474 g/mol. The van der Waals surface area contributed by atoms with Gasteiger partial charge < -0.3 is 24.2 Å². The van der Waals surface area contributed by atoms with E-state index in [0.717, 1.165) is 5.56 Å². The Kier molecular flexibility index (Phi) is 6.73. The Morgan fingerprint density at radius 1 is 1.00 bits per heavy atom. The number of hydrogen-bond acceptors (Lipinski definition) is 7. The van der Waals surface area contributed by atoms with Crippen LogP contribution in [-0.2, 0) is 16.1 Å². The number of pyridine rings is 1. The number of aliphatic hydroxyl groups is 1. The lowest BCUT2D eigenvalue weighted by Crippen LogP contribution is -2.29. The highest BCUT2D eigenvalue weighted by molar-refractivity contribution is 6.46. The largest absolute Gasteiger partial charge is 0.507 e. The molecule has 35 heavy (non-hydrogen) atoms. The first-order valence-corrected chi connectivity index (χ1v) is 10.9. The van der Waals surface area contributed by atoms with Gasteiger partial charge in [0.1, 0.15) is 23.0 Å². The van der Waals surface area contributed by atoms with Crippen LogP contribution in [0.4, 0.5) is 0 Å². The SMILES string of the molecule is COc1ccc(C(O)=C2C(=O)C(=O)N(Cc3cccnc3)C2c2ccc(OC)cc2OC)c(C)c1. The van der Waals surface area contributed by atoms with Gasteiger partial charge in [-0.05, 0) is 54.4 Å². The number of ketones is 1. The molecule has 0 aliphatic carbocycles. The summed E-state index contributed by atoms with van der Waals surface area (Å²) < 4.78 is 16.2. The van der Waals surface area contributed by atoms with Crippen molar-refractivity contribution >= 4 is 17.4 Å². The lowest BCUT2D eigenvalue weighted by Gasteiger charge is -2.27. The number of carbonyl (C=O) groups excluding carboxylic acids is 2. The first kappa shape index (κ1) is 23.8. The quantitative estimate of drug-likeness (QED) is 0.314. The lowest BCUT2D eigenvalue weighted by molar-refractivity contribution is -0.140. The molecule has 1 saturated heterocycles. The first-order chi connectivity index (χ1) is 16.9. The predicted octanol–water partition coefficient (Wildman–Crippen LogP) is 4.04. The Bertz CT molecular complexity index is 1300. The summed E-state index contributed by atoms with van der Waals surface area (Å²) in [5.74, 6) is -0.163. The number of carbonyl (C=O) groups is 2. The van der Waals surface area contributed by atoms with Gasteiger partial charge >= 0.3 is 0 Å². The number of ether oxygens (including phenoxy) is 3. The molecule has 1 amide bonds. The number of amides is 1. The fourth-order valence-electron chi connectivity index (χ4n) is 4.27. The molecule has 0 bridgehead atoms. The molecule has 0 radical (unpaired) electrons. The van der Waals surface area contributed by atoms with E-state index < -0.39 is 17.7 Å². The zero-order chi connectivity index (χ0) is 25.1. The van der Waals surface area contributed by atoms with Crippen molar-refractivity contribution in [1.82, 2.24) is 9.88 Å². The van der Waals surface area contributed by atoms with Crippen molar-refractivity contribution in [2.75, 3.05) is 21.3 Å². The van der Waals surface area contributed by atoms with Crippen molar-refractivity contribution in [3.05, 3.63) is 88.8 Å². The summed E-state index contributed by atoms with van der Waals surface area (Å²) in [6.45, 7) is 1.92. The number of benzene rings is 2. The van der Waals surface area contributed by atoms with Crippen molar-refractivity contribution in [1.29, 1.82) is 0 Å². The zero-order valence-corrected chi connectivity index (χ0v) is 19.9. The van der Waals surface area contributed by atoms with Gasteiger partial charge in [-0.3, -0.25) is 14.6 Å². The van der Waals surface area contributed by atoms with Gasteiger partial charge in [0.05, 0.1) is 32.9 Å². The van der Waals surface area contributed by atoms with Gasteiger partial charge in [0.25, 0.3) is 11.7 Å². The van der Waals surface area contributed by atoms with Gasteiger partial charge in [0.2, 0.25) is 0 Å². The molecule has 1 fully saturated rings. The highest BCUT2D eigenvalue weighted by Crippen LogP contribution is 2.44. The van der Waals surface area contributed by atoms with Crippen LogP contribution in [0.5, 0.6) is 17.2 Å². The van der Waals surface area contributed by atoms with Crippen LogP contribution in [0.1, 0.15) is 28.3 Å². The Balaban J connectivity index is 1.93. The number of aryl methyl sites for hydroxylation is 1. The second-order valence-corrected chi connectivity index (χ2v) is 8.08. The third kappa shape index (κ3) is 4.42. The molecule has 1 unspecified atom stereocenters. The molecule has 3 aromatic rings. The summed E-state index contributed by atoms with van der Waals surface area (Å²) in [5.41, 5.74) is 2.40. The fraction of sp³-hybridized carbons (Fsp3) is 0.222. The summed E-state index contributed by atoms with van der Waals surface area (Å²) in [6, 6.07) is 12.9. The molecule has 1 aliphatic rings. The van der Waals surface area contributed by atoms with Gasteiger partial charge in [-0.1, -0.05) is 6.07 Å². The number of aromatic nitrogens is 1. The number of methoxy groups -OCH3 is 3. The highest BCUT2D eigenvalue weighted by atomic mass is 16.5. The molecule has 1 N–H and O–H groups in total.